The molecular formula is C16H15BrCl2N2O. The van der Waals surface area contributed by atoms with Crippen LogP contribution < -0.4 is 10.6 Å². The van der Waals surface area contributed by atoms with E-state index in [4.69, 9.17) is 23.2 Å². The second kappa shape index (κ2) is 7.86. The highest BCUT2D eigenvalue weighted by atomic mass is 79.9. The lowest BCUT2D eigenvalue weighted by Crippen LogP contribution is -2.25. The van der Waals surface area contributed by atoms with E-state index in [1.807, 2.05) is 31.2 Å². The number of hydrogen-bond donors (Lipinski definition) is 2. The zero-order valence-electron chi connectivity index (χ0n) is 11.9. The molecule has 0 unspecified atom stereocenters. The van der Waals surface area contributed by atoms with Crippen LogP contribution in [0.5, 0.6) is 0 Å². The zero-order chi connectivity index (χ0) is 16.1. The fourth-order valence-electron chi connectivity index (χ4n) is 1.95. The predicted molar refractivity (Wildman–Crippen MR) is 97.1 cm³/mol. The van der Waals surface area contributed by atoms with Crippen molar-refractivity contribution in [3.8, 4) is 0 Å². The summed E-state index contributed by atoms with van der Waals surface area (Å²) in [7, 11) is 0. The highest BCUT2D eigenvalue weighted by Gasteiger charge is 2.14. The van der Waals surface area contributed by atoms with E-state index in [0.29, 0.717) is 38.9 Å². The molecule has 116 valence electrons. The molecule has 0 aliphatic rings. The number of hydrogen-bond acceptors (Lipinski definition) is 2. The summed E-state index contributed by atoms with van der Waals surface area (Å²) in [4.78, 5) is 12.2. The number of aryl methyl sites for hydroxylation is 1. The number of carbonyl (C=O) groups excluding carboxylic acids is 1. The maximum absolute atomic E-state index is 12.2. The Morgan fingerprint density at radius 2 is 1.91 bits per heavy atom. The Labute approximate surface area is 148 Å². The van der Waals surface area contributed by atoms with Crippen molar-refractivity contribution in [1.29, 1.82) is 0 Å². The standard InChI is InChI=1S/C16H15BrCl2N2O/c1-10-6-7-12(18)15(14(10)19)21-13-5-3-2-4-11(13)16(22)20-9-8-17/h2-7,21H,8-9H2,1H3,(H,20,22). The number of rotatable bonds is 5. The molecule has 0 aliphatic heterocycles. The van der Waals surface area contributed by atoms with Gasteiger partial charge >= 0.3 is 0 Å². The summed E-state index contributed by atoms with van der Waals surface area (Å²) in [6.45, 7) is 2.46. The Kier molecular flexibility index (Phi) is 6.12. The Morgan fingerprint density at radius 1 is 1.18 bits per heavy atom. The van der Waals surface area contributed by atoms with Gasteiger partial charge < -0.3 is 10.6 Å². The first-order valence-electron chi connectivity index (χ1n) is 6.69. The molecule has 0 heterocycles. The topological polar surface area (TPSA) is 41.1 Å². The molecule has 0 aromatic heterocycles. The molecule has 0 spiro atoms. The van der Waals surface area contributed by atoms with Crippen LogP contribution >= 0.6 is 39.1 Å². The van der Waals surface area contributed by atoms with Crippen LogP contribution in [0, 0.1) is 6.92 Å². The molecule has 0 atom stereocenters. The molecule has 0 radical (unpaired) electrons. The van der Waals surface area contributed by atoms with Crippen molar-refractivity contribution in [1.82, 2.24) is 5.32 Å². The summed E-state index contributed by atoms with van der Waals surface area (Å²) in [5.74, 6) is -0.151. The molecule has 2 N–H and O–H groups in total. The zero-order valence-corrected chi connectivity index (χ0v) is 15.0. The maximum Gasteiger partial charge on any atom is 0.253 e. The average molecular weight is 402 g/mol. The Bertz CT molecular complexity index is 692. The van der Waals surface area contributed by atoms with Crippen LogP contribution in [0.4, 0.5) is 11.4 Å². The van der Waals surface area contributed by atoms with Crippen molar-refractivity contribution in [2.24, 2.45) is 0 Å². The summed E-state index contributed by atoms with van der Waals surface area (Å²) < 4.78 is 0. The monoisotopic (exact) mass is 400 g/mol. The lowest BCUT2D eigenvalue weighted by molar-refractivity contribution is 0.0957. The molecule has 0 saturated carbocycles. The number of anilines is 2. The number of benzene rings is 2. The van der Waals surface area contributed by atoms with E-state index >= 15 is 0 Å². The molecule has 2 aromatic rings. The van der Waals surface area contributed by atoms with Crippen LogP contribution in [0.2, 0.25) is 10.0 Å². The summed E-state index contributed by atoms with van der Waals surface area (Å²) in [5.41, 5.74) is 2.71. The summed E-state index contributed by atoms with van der Waals surface area (Å²) in [6, 6.07) is 10.9. The molecule has 0 saturated heterocycles. The van der Waals surface area contributed by atoms with Crippen molar-refractivity contribution in [3.63, 3.8) is 0 Å². The first-order valence-corrected chi connectivity index (χ1v) is 8.57. The largest absolute Gasteiger partial charge is 0.352 e. The first-order chi connectivity index (χ1) is 10.5. The smallest absolute Gasteiger partial charge is 0.253 e. The minimum Gasteiger partial charge on any atom is -0.352 e. The minimum absolute atomic E-state index is 0.151. The summed E-state index contributed by atoms with van der Waals surface area (Å²) in [6.07, 6.45) is 0. The molecule has 2 aromatic carbocycles. The third kappa shape index (κ3) is 3.94. The molecular weight excluding hydrogens is 387 g/mol. The van der Waals surface area contributed by atoms with Crippen LogP contribution in [0.1, 0.15) is 15.9 Å². The molecule has 3 nitrogen and oxygen atoms in total. The third-order valence-corrected chi connectivity index (χ3v) is 4.29. The van der Waals surface area contributed by atoms with Gasteiger partial charge in [-0.2, -0.15) is 0 Å². The van der Waals surface area contributed by atoms with Gasteiger partial charge in [0.2, 0.25) is 0 Å². The van der Waals surface area contributed by atoms with E-state index in [1.165, 1.54) is 0 Å². The first kappa shape index (κ1) is 17.1. The summed E-state index contributed by atoms with van der Waals surface area (Å²) >= 11 is 15.8. The van der Waals surface area contributed by atoms with E-state index < -0.39 is 0 Å². The van der Waals surface area contributed by atoms with Gasteiger partial charge in [-0.3, -0.25) is 4.79 Å². The number of halogens is 3. The van der Waals surface area contributed by atoms with Gasteiger partial charge in [0, 0.05) is 11.9 Å². The van der Waals surface area contributed by atoms with Crippen molar-refractivity contribution >= 4 is 56.4 Å². The minimum atomic E-state index is -0.151. The second-order valence-electron chi connectivity index (χ2n) is 4.67. The Balaban J connectivity index is 2.35. The SMILES string of the molecule is Cc1ccc(Cl)c(Nc2ccccc2C(=O)NCCBr)c1Cl. The number of nitrogens with one attached hydrogen (secondary N) is 2. The number of alkyl halides is 1. The van der Waals surface area contributed by atoms with Gasteiger partial charge in [-0.25, -0.2) is 0 Å². The highest BCUT2D eigenvalue weighted by molar-refractivity contribution is 9.09. The lowest BCUT2D eigenvalue weighted by Gasteiger charge is -2.15. The van der Waals surface area contributed by atoms with E-state index in [9.17, 15) is 4.79 Å². The quantitative estimate of drug-likeness (QED) is 0.678. The van der Waals surface area contributed by atoms with Crippen LogP contribution in [0.15, 0.2) is 36.4 Å². The van der Waals surface area contributed by atoms with Gasteiger partial charge in [0.05, 0.1) is 27.0 Å². The molecule has 22 heavy (non-hydrogen) atoms. The van der Waals surface area contributed by atoms with Gasteiger partial charge in [0.25, 0.3) is 5.91 Å². The molecule has 0 aliphatic carbocycles. The fraction of sp³-hybridized carbons (Fsp3) is 0.188. The number of carbonyl (C=O) groups is 1. The van der Waals surface area contributed by atoms with Crippen molar-refractivity contribution in [2.75, 3.05) is 17.2 Å². The number of para-hydroxylation sites is 1. The van der Waals surface area contributed by atoms with Crippen LogP contribution in [-0.4, -0.2) is 17.8 Å². The third-order valence-electron chi connectivity index (χ3n) is 3.10. The van der Waals surface area contributed by atoms with E-state index in [1.54, 1.807) is 12.1 Å². The Hall–Kier alpha value is -1.23. The van der Waals surface area contributed by atoms with Gasteiger partial charge in [0.1, 0.15) is 0 Å². The second-order valence-corrected chi connectivity index (χ2v) is 6.25. The molecule has 1 amide bonds. The Morgan fingerprint density at radius 3 is 2.64 bits per heavy atom. The maximum atomic E-state index is 12.2. The van der Waals surface area contributed by atoms with E-state index in [-0.39, 0.29) is 5.91 Å². The van der Waals surface area contributed by atoms with Crippen molar-refractivity contribution in [3.05, 3.63) is 57.6 Å². The number of amides is 1. The molecule has 0 bridgehead atoms. The van der Waals surface area contributed by atoms with Gasteiger partial charge in [-0.05, 0) is 30.7 Å². The average Bonchev–Trinajstić information content (AvgIpc) is 2.53. The van der Waals surface area contributed by atoms with Crippen LogP contribution in [0.25, 0.3) is 0 Å². The molecule has 2 rings (SSSR count). The summed E-state index contributed by atoms with van der Waals surface area (Å²) in [5, 5.41) is 7.74. The van der Waals surface area contributed by atoms with Crippen molar-refractivity contribution < 1.29 is 4.79 Å². The van der Waals surface area contributed by atoms with Crippen molar-refractivity contribution in [2.45, 2.75) is 6.92 Å². The lowest BCUT2D eigenvalue weighted by atomic mass is 10.1. The van der Waals surface area contributed by atoms with Crippen LogP contribution in [-0.2, 0) is 0 Å². The normalized spacial score (nSPS) is 10.4. The molecule has 0 fully saturated rings. The molecule has 6 heteroatoms. The predicted octanol–water partition coefficient (Wildman–Crippen LogP) is 5.17. The van der Waals surface area contributed by atoms with E-state index in [0.717, 1.165) is 5.56 Å². The van der Waals surface area contributed by atoms with Gasteiger partial charge in [-0.1, -0.05) is 57.3 Å². The highest BCUT2D eigenvalue weighted by Crippen LogP contribution is 2.35. The van der Waals surface area contributed by atoms with E-state index in [2.05, 4.69) is 26.6 Å². The van der Waals surface area contributed by atoms with Gasteiger partial charge in [-0.15, -0.1) is 0 Å². The fourth-order valence-corrected chi connectivity index (χ4v) is 2.62. The van der Waals surface area contributed by atoms with Gasteiger partial charge in [0.15, 0.2) is 0 Å². The van der Waals surface area contributed by atoms with Crippen LogP contribution in [0.3, 0.4) is 0 Å².